The van der Waals surface area contributed by atoms with E-state index in [1.165, 1.54) is 41.3 Å². The Bertz CT molecular complexity index is 1730. The molecule has 1 aliphatic rings. The first-order chi connectivity index (χ1) is 22.5. The monoisotopic (exact) mass is 697 g/mol. The number of rotatable bonds is 12. The van der Waals surface area contributed by atoms with Gasteiger partial charge >= 0.3 is 12.2 Å². The van der Waals surface area contributed by atoms with E-state index in [1.807, 2.05) is 11.8 Å². The Morgan fingerprint density at radius 2 is 1.65 bits per heavy atom. The van der Waals surface area contributed by atoms with Gasteiger partial charge in [-0.15, -0.1) is 0 Å². The fourth-order valence-electron chi connectivity index (χ4n) is 5.39. The molecule has 0 aromatic heterocycles. The fraction of sp³-hybridized carbons (Fsp3) is 0.375. The Labute approximate surface area is 275 Å². The first kappa shape index (κ1) is 36.4. The van der Waals surface area contributed by atoms with Crippen molar-refractivity contribution in [2.45, 2.75) is 51.4 Å². The van der Waals surface area contributed by atoms with Crippen LogP contribution in [0.1, 0.15) is 54.1 Å². The van der Waals surface area contributed by atoms with Gasteiger partial charge < -0.3 is 20.7 Å². The van der Waals surface area contributed by atoms with Crippen LogP contribution in [-0.2, 0) is 22.7 Å². The Kier molecular flexibility index (Phi) is 11.5. The Morgan fingerprint density at radius 1 is 1.00 bits per heavy atom. The largest absolute Gasteiger partial charge is 0.457 e. The summed E-state index contributed by atoms with van der Waals surface area (Å²) >= 11 is 0. The van der Waals surface area contributed by atoms with Gasteiger partial charge in [0.1, 0.15) is 23.1 Å². The third-order valence-electron chi connectivity index (χ3n) is 7.75. The van der Waals surface area contributed by atoms with E-state index in [-0.39, 0.29) is 35.3 Å². The number of halogens is 5. The summed E-state index contributed by atoms with van der Waals surface area (Å²) in [6.07, 6.45) is -1.42. The molecule has 0 saturated carbocycles. The molecule has 0 aliphatic carbocycles. The highest BCUT2D eigenvalue weighted by Crippen LogP contribution is 2.37. The molecule has 48 heavy (non-hydrogen) atoms. The molecule has 0 spiro atoms. The van der Waals surface area contributed by atoms with Gasteiger partial charge in [0.15, 0.2) is 0 Å². The fourth-order valence-corrected chi connectivity index (χ4v) is 5.96. The van der Waals surface area contributed by atoms with Gasteiger partial charge in [0.2, 0.25) is 10.0 Å². The summed E-state index contributed by atoms with van der Waals surface area (Å²) < 4.78 is 101. The second-order valence-electron chi connectivity index (χ2n) is 11.5. The summed E-state index contributed by atoms with van der Waals surface area (Å²) in [7, 11) is -3.50. The topological polar surface area (TPSA) is 134 Å². The lowest BCUT2D eigenvalue weighted by Crippen LogP contribution is -2.49. The third-order valence-corrected chi connectivity index (χ3v) is 8.36. The predicted octanol–water partition coefficient (Wildman–Crippen LogP) is 6.54. The van der Waals surface area contributed by atoms with Crippen LogP contribution in [0.4, 0.5) is 38.1 Å². The molecule has 16 heteroatoms. The summed E-state index contributed by atoms with van der Waals surface area (Å²) in [6.45, 7) is 3.00. The predicted molar refractivity (Wildman–Crippen MR) is 170 cm³/mol. The van der Waals surface area contributed by atoms with Gasteiger partial charge in [-0.05, 0) is 67.3 Å². The number of nitrogens with one attached hydrogen (secondary N) is 2. The summed E-state index contributed by atoms with van der Waals surface area (Å²) in [5.41, 5.74) is 3.63. The molecule has 4 rings (SSSR count). The molecule has 0 unspecified atom stereocenters. The second kappa shape index (κ2) is 15.2. The van der Waals surface area contributed by atoms with Crippen LogP contribution in [0.2, 0.25) is 0 Å². The lowest BCUT2D eigenvalue weighted by Gasteiger charge is -2.39. The number of nitrogens with zero attached hydrogens (tertiary/aromatic N) is 2. The van der Waals surface area contributed by atoms with E-state index < -0.39 is 56.6 Å². The molecule has 3 aromatic rings. The minimum absolute atomic E-state index is 0.00839. The molecule has 0 bridgehead atoms. The van der Waals surface area contributed by atoms with Gasteiger partial charge in [-0.3, -0.25) is 14.4 Å². The highest BCUT2D eigenvalue weighted by atomic mass is 32.2. The molecule has 1 heterocycles. The number of hydrogen-bond acceptors (Lipinski definition) is 6. The molecule has 4 N–H and O–H groups in total. The quantitative estimate of drug-likeness (QED) is 0.184. The molecule has 1 aliphatic heterocycles. The molecular formula is C32H36F5N5O5S. The molecule has 0 radical (unpaired) electrons. The number of sulfonamides is 1. The Morgan fingerprint density at radius 3 is 2.23 bits per heavy atom. The minimum Gasteiger partial charge on any atom is -0.457 e. The molecule has 10 nitrogen and oxygen atoms in total. The molecule has 1 fully saturated rings. The van der Waals surface area contributed by atoms with Gasteiger partial charge in [-0.25, -0.2) is 22.0 Å². The highest BCUT2D eigenvalue weighted by molar-refractivity contribution is 7.92. The zero-order chi connectivity index (χ0) is 35.2. The minimum atomic E-state index is -4.67. The van der Waals surface area contributed by atoms with E-state index in [0.29, 0.717) is 45.0 Å². The normalized spacial score (nSPS) is 14.4. The maximum atomic E-state index is 14.4. The molecular weight excluding hydrogens is 661 g/mol. The molecule has 1 saturated heterocycles. The van der Waals surface area contributed by atoms with E-state index in [0.717, 1.165) is 24.8 Å². The number of hydrogen-bond donors (Lipinski definition) is 3. The number of ether oxygens (including phenoxy) is 1. The second-order valence-corrected chi connectivity index (χ2v) is 13.2. The lowest BCUT2D eigenvalue weighted by atomic mass is 10.0. The van der Waals surface area contributed by atoms with Gasteiger partial charge in [0.05, 0.1) is 23.1 Å². The first-order valence-electron chi connectivity index (χ1n) is 15.1. The van der Waals surface area contributed by atoms with Crippen molar-refractivity contribution in [1.82, 2.24) is 9.80 Å². The van der Waals surface area contributed by atoms with Gasteiger partial charge in [-0.2, -0.15) is 13.2 Å². The van der Waals surface area contributed by atoms with Crippen molar-refractivity contribution in [3.8, 4) is 11.5 Å². The van der Waals surface area contributed by atoms with E-state index in [1.54, 1.807) is 0 Å². The number of carbonyl (C=O) groups is 2. The van der Waals surface area contributed by atoms with Gasteiger partial charge in [-0.1, -0.05) is 19.4 Å². The van der Waals surface area contributed by atoms with Gasteiger partial charge in [0.25, 0.3) is 5.91 Å². The average molecular weight is 698 g/mol. The lowest BCUT2D eigenvalue weighted by molar-refractivity contribution is -0.138. The van der Waals surface area contributed by atoms with Crippen LogP contribution < -0.4 is 20.5 Å². The van der Waals surface area contributed by atoms with E-state index in [9.17, 15) is 40.0 Å². The van der Waals surface area contributed by atoms with Crippen molar-refractivity contribution in [1.29, 1.82) is 0 Å². The van der Waals surface area contributed by atoms with Crippen LogP contribution in [0.15, 0.2) is 54.6 Å². The molecule has 3 aromatic carbocycles. The number of amides is 3. The van der Waals surface area contributed by atoms with Crippen LogP contribution >= 0.6 is 0 Å². The van der Waals surface area contributed by atoms with E-state index in [2.05, 4.69) is 10.0 Å². The van der Waals surface area contributed by atoms with Crippen LogP contribution in [0.25, 0.3) is 0 Å². The average Bonchev–Trinajstić information content (AvgIpc) is 3.00. The first-order valence-corrected chi connectivity index (χ1v) is 17.0. The Hall–Kier alpha value is -4.44. The van der Waals surface area contributed by atoms with Crippen molar-refractivity contribution in [3.05, 3.63) is 82.9 Å². The zero-order valence-electron chi connectivity index (χ0n) is 26.2. The number of alkyl halides is 3. The summed E-state index contributed by atoms with van der Waals surface area (Å²) in [4.78, 5) is 28.2. The molecule has 0 atom stereocenters. The summed E-state index contributed by atoms with van der Waals surface area (Å²) in [6, 6.07) is 9.75. The number of unbranched alkanes of at least 4 members (excludes halogenated alkanes) is 1. The smallest absolute Gasteiger partial charge is 0.416 e. The maximum Gasteiger partial charge on any atom is 0.416 e. The zero-order valence-corrected chi connectivity index (χ0v) is 27.1. The van der Waals surface area contributed by atoms with E-state index >= 15 is 0 Å². The van der Waals surface area contributed by atoms with Gasteiger partial charge in [0, 0.05) is 44.0 Å². The van der Waals surface area contributed by atoms with Crippen LogP contribution in [0, 0.1) is 11.6 Å². The number of nitrogens with two attached hydrogens (primary N) is 1. The van der Waals surface area contributed by atoms with E-state index in [4.69, 9.17) is 10.5 Å². The van der Waals surface area contributed by atoms with Crippen LogP contribution in [0.3, 0.4) is 0 Å². The van der Waals surface area contributed by atoms with Crippen molar-refractivity contribution < 1.29 is 44.7 Å². The number of likely N-dealkylation sites (tertiary alicyclic amines) is 1. The van der Waals surface area contributed by atoms with Crippen molar-refractivity contribution in [2.24, 2.45) is 5.73 Å². The number of carbonyl (C=O) groups excluding carboxylic acids is 2. The summed E-state index contributed by atoms with van der Waals surface area (Å²) in [5, 5.41) is 2.41. The van der Waals surface area contributed by atoms with Crippen LogP contribution in [-0.4, -0.2) is 62.1 Å². The van der Waals surface area contributed by atoms with Crippen molar-refractivity contribution >= 4 is 33.3 Å². The standard InChI is InChI=1S/C32H36F5N5O5S/c1-3-4-13-42(31(44)39-29-17-25(30(38)43)27(33)18-28(29)34)22-11-14-41(15-12-22)19-20-5-8-24(16-26(20)32(35,36)37)47-23-9-6-21(7-10-23)40-48(2,45)46/h5-10,16-18,22,40H,3-4,11-15,19H2,1-2H3,(H2,38,43)(H,39,44). The van der Waals surface area contributed by atoms with Crippen molar-refractivity contribution in [2.75, 3.05) is 35.9 Å². The summed E-state index contributed by atoms with van der Waals surface area (Å²) in [5.74, 6) is -3.19. The number of piperidine rings is 1. The Balaban J connectivity index is 1.43. The molecule has 3 amide bonds. The molecule has 260 valence electrons. The third kappa shape index (κ3) is 9.79. The SMILES string of the molecule is CCCCN(C(=O)Nc1cc(C(N)=O)c(F)cc1F)C1CCN(Cc2ccc(Oc3ccc(NS(C)(=O)=O)cc3)cc2C(F)(F)F)CC1. The van der Waals surface area contributed by atoms with Crippen molar-refractivity contribution in [3.63, 3.8) is 0 Å². The highest BCUT2D eigenvalue weighted by Gasteiger charge is 2.35. The number of urea groups is 1. The number of anilines is 2. The van der Waals surface area contributed by atoms with Crippen LogP contribution in [0.5, 0.6) is 11.5 Å². The number of benzene rings is 3. The maximum absolute atomic E-state index is 14.4. The number of primary amides is 1.